The Hall–Kier alpha value is -2.28. The van der Waals surface area contributed by atoms with Crippen LogP contribution in [0, 0.1) is 0 Å². The number of furan rings is 1. The largest absolute Gasteiger partial charge is 0.459 e. The lowest BCUT2D eigenvalue weighted by Gasteiger charge is -2.28. The van der Waals surface area contributed by atoms with Gasteiger partial charge in [-0.15, -0.1) is 0 Å². The van der Waals surface area contributed by atoms with Gasteiger partial charge >= 0.3 is 10.1 Å². The molecule has 0 aliphatic rings. The minimum atomic E-state index is -3.55. The van der Waals surface area contributed by atoms with Crippen LogP contribution in [0.4, 0.5) is 0 Å². The van der Waals surface area contributed by atoms with Crippen LogP contribution in [0.1, 0.15) is 36.4 Å². The van der Waals surface area contributed by atoms with Crippen LogP contribution in [0.3, 0.4) is 0 Å². The van der Waals surface area contributed by atoms with E-state index in [2.05, 4.69) is 0 Å². The molecule has 1 aromatic carbocycles. The van der Waals surface area contributed by atoms with Crippen molar-refractivity contribution in [2.45, 2.75) is 32.9 Å². The van der Waals surface area contributed by atoms with E-state index in [1.165, 1.54) is 6.26 Å². The van der Waals surface area contributed by atoms with E-state index in [4.69, 9.17) is 8.60 Å². The van der Waals surface area contributed by atoms with E-state index in [-0.39, 0.29) is 17.7 Å². The highest BCUT2D eigenvalue weighted by atomic mass is 32.2. The Balaban J connectivity index is 2.16. The topological polar surface area (TPSA) is 76.8 Å². The van der Waals surface area contributed by atoms with Gasteiger partial charge in [-0.25, -0.2) is 0 Å². The summed E-state index contributed by atoms with van der Waals surface area (Å²) in [5.41, 5.74) is 0.871. The molecule has 0 N–H and O–H groups in total. The summed E-state index contributed by atoms with van der Waals surface area (Å²) in [5.74, 6) is 0.367. The zero-order valence-corrected chi connectivity index (χ0v) is 14.7. The fourth-order valence-electron chi connectivity index (χ4n) is 2.21. The highest BCUT2D eigenvalue weighted by Crippen LogP contribution is 2.19. The fourth-order valence-corrected chi connectivity index (χ4v) is 2.67. The molecule has 1 unspecified atom stereocenters. The highest BCUT2D eigenvalue weighted by molar-refractivity contribution is 7.86. The first-order valence-corrected chi connectivity index (χ1v) is 9.44. The number of nitrogens with zero attached hydrogens (tertiary/aromatic N) is 1. The van der Waals surface area contributed by atoms with Gasteiger partial charge < -0.3 is 13.5 Å². The van der Waals surface area contributed by atoms with E-state index in [0.717, 1.165) is 18.2 Å². The molecule has 0 aliphatic carbocycles. The zero-order valence-electron chi connectivity index (χ0n) is 13.9. The van der Waals surface area contributed by atoms with Crippen molar-refractivity contribution in [2.24, 2.45) is 0 Å². The molecule has 1 aromatic heterocycles. The number of carbonyl (C=O) groups is 1. The van der Waals surface area contributed by atoms with Crippen molar-refractivity contribution >= 4 is 16.0 Å². The van der Waals surface area contributed by atoms with Crippen molar-refractivity contribution in [3.8, 4) is 5.75 Å². The van der Waals surface area contributed by atoms with Gasteiger partial charge in [-0.05, 0) is 43.2 Å². The first-order valence-electron chi connectivity index (χ1n) is 7.63. The average molecular weight is 351 g/mol. The maximum absolute atomic E-state index is 12.6. The Labute approximate surface area is 142 Å². The highest BCUT2D eigenvalue weighted by Gasteiger charge is 2.22. The number of hydrogen-bond acceptors (Lipinski definition) is 5. The normalized spacial score (nSPS) is 12.6. The summed E-state index contributed by atoms with van der Waals surface area (Å²) in [6.07, 6.45) is 3.27. The van der Waals surface area contributed by atoms with E-state index in [1.807, 2.05) is 13.8 Å². The van der Waals surface area contributed by atoms with Crippen LogP contribution in [0.25, 0.3) is 0 Å². The predicted octanol–water partition coefficient (Wildman–Crippen LogP) is 3.06. The quantitative estimate of drug-likeness (QED) is 0.717. The molecule has 1 atom stereocenters. The molecule has 0 bridgehead atoms. The first-order chi connectivity index (χ1) is 11.3. The van der Waals surface area contributed by atoms with Gasteiger partial charge in [0, 0.05) is 12.6 Å². The third-order valence-corrected chi connectivity index (χ3v) is 4.13. The molecular weight excluding hydrogens is 330 g/mol. The van der Waals surface area contributed by atoms with E-state index in [1.54, 1.807) is 41.3 Å². The lowest BCUT2D eigenvalue weighted by atomic mass is 10.1. The van der Waals surface area contributed by atoms with E-state index >= 15 is 0 Å². The molecule has 0 radical (unpaired) electrons. The molecule has 1 heterocycles. The van der Waals surface area contributed by atoms with Gasteiger partial charge in [-0.3, -0.25) is 4.79 Å². The van der Waals surface area contributed by atoms with Crippen LogP contribution < -0.4 is 4.18 Å². The van der Waals surface area contributed by atoms with Crippen LogP contribution >= 0.6 is 0 Å². The van der Waals surface area contributed by atoms with Gasteiger partial charge in [0.25, 0.3) is 5.91 Å². The maximum Gasteiger partial charge on any atom is 0.306 e. The zero-order chi connectivity index (χ0) is 17.7. The standard InChI is InChI=1S/C17H21NO5S/c1-4-13(2)18(17(19)16-6-5-11-22-16)12-14-7-9-15(10-8-14)23-24(3,20)21/h5-11,13H,4,12H2,1-3H3. The van der Waals surface area contributed by atoms with Crippen LogP contribution in [-0.4, -0.2) is 31.5 Å². The van der Waals surface area contributed by atoms with E-state index in [9.17, 15) is 13.2 Å². The summed E-state index contributed by atoms with van der Waals surface area (Å²) in [7, 11) is -3.55. The van der Waals surface area contributed by atoms with Gasteiger partial charge in [0.15, 0.2) is 5.76 Å². The molecule has 6 nitrogen and oxygen atoms in total. The predicted molar refractivity (Wildman–Crippen MR) is 90.2 cm³/mol. The number of benzene rings is 1. The summed E-state index contributed by atoms with van der Waals surface area (Å²) in [6.45, 7) is 4.38. The molecule has 0 saturated carbocycles. The molecule has 2 rings (SSSR count). The number of carbonyl (C=O) groups excluding carboxylic acids is 1. The number of rotatable bonds is 7. The molecule has 2 aromatic rings. The van der Waals surface area contributed by atoms with Gasteiger partial charge in [0.05, 0.1) is 12.5 Å². The second-order valence-electron chi connectivity index (χ2n) is 5.60. The minimum Gasteiger partial charge on any atom is -0.459 e. The monoisotopic (exact) mass is 351 g/mol. The Kier molecular flexibility index (Phi) is 5.66. The maximum atomic E-state index is 12.6. The average Bonchev–Trinajstić information content (AvgIpc) is 3.06. The van der Waals surface area contributed by atoms with Crippen molar-refractivity contribution in [2.75, 3.05) is 6.26 Å². The molecule has 0 saturated heterocycles. The van der Waals surface area contributed by atoms with Crippen LogP contribution in [0.15, 0.2) is 47.1 Å². The van der Waals surface area contributed by atoms with Crippen molar-refractivity contribution in [3.05, 3.63) is 54.0 Å². The van der Waals surface area contributed by atoms with Crippen molar-refractivity contribution in [1.82, 2.24) is 4.90 Å². The van der Waals surface area contributed by atoms with Gasteiger partial charge in [0.1, 0.15) is 5.75 Å². The molecule has 0 spiro atoms. The Morgan fingerprint density at radius 1 is 1.25 bits per heavy atom. The molecule has 7 heteroatoms. The lowest BCUT2D eigenvalue weighted by Crippen LogP contribution is -2.37. The first kappa shape index (κ1) is 18.1. The molecule has 0 aliphatic heterocycles. The second kappa shape index (κ2) is 7.53. The van der Waals surface area contributed by atoms with Crippen molar-refractivity contribution in [3.63, 3.8) is 0 Å². The fraction of sp³-hybridized carbons (Fsp3) is 0.353. The third kappa shape index (κ3) is 4.86. The van der Waals surface area contributed by atoms with Crippen molar-refractivity contribution in [1.29, 1.82) is 0 Å². The summed E-state index contributed by atoms with van der Waals surface area (Å²) in [6, 6.07) is 9.98. The van der Waals surface area contributed by atoms with Gasteiger partial charge in [0.2, 0.25) is 0 Å². The summed E-state index contributed by atoms with van der Waals surface area (Å²) >= 11 is 0. The summed E-state index contributed by atoms with van der Waals surface area (Å²) in [4.78, 5) is 14.3. The smallest absolute Gasteiger partial charge is 0.306 e. The number of amides is 1. The second-order valence-corrected chi connectivity index (χ2v) is 7.17. The minimum absolute atomic E-state index is 0.0366. The van der Waals surface area contributed by atoms with Gasteiger partial charge in [-0.2, -0.15) is 8.42 Å². The lowest BCUT2D eigenvalue weighted by molar-refractivity contribution is 0.0638. The summed E-state index contributed by atoms with van der Waals surface area (Å²) < 4.78 is 32.3. The molecule has 0 fully saturated rings. The molecular formula is C17H21NO5S. The SMILES string of the molecule is CCC(C)N(Cc1ccc(OS(C)(=O)=O)cc1)C(=O)c1ccco1. The number of hydrogen-bond donors (Lipinski definition) is 0. The van der Waals surface area contributed by atoms with Crippen LogP contribution in [0.2, 0.25) is 0 Å². The van der Waals surface area contributed by atoms with E-state index in [0.29, 0.717) is 12.3 Å². The molecule has 130 valence electrons. The summed E-state index contributed by atoms with van der Waals surface area (Å²) in [5, 5.41) is 0. The Morgan fingerprint density at radius 2 is 1.92 bits per heavy atom. The van der Waals surface area contributed by atoms with Crippen molar-refractivity contribution < 1.29 is 21.8 Å². The van der Waals surface area contributed by atoms with E-state index < -0.39 is 10.1 Å². The third-order valence-electron chi connectivity index (χ3n) is 3.64. The Bertz CT molecular complexity index is 766. The molecule has 24 heavy (non-hydrogen) atoms. The molecule has 1 amide bonds. The Morgan fingerprint density at radius 3 is 2.42 bits per heavy atom. The van der Waals surface area contributed by atoms with Crippen LogP contribution in [0.5, 0.6) is 5.75 Å². The van der Waals surface area contributed by atoms with Gasteiger partial charge in [-0.1, -0.05) is 19.1 Å². The van der Waals surface area contributed by atoms with Crippen LogP contribution in [-0.2, 0) is 16.7 Å².